The van der Waals surface area contributed by atoms with Crippen molar-refractivity contribution in [3.05, 3.63) is 48.6 Å². The molecule has 0 amide bonds. The number of allylic oxidation sites excluding steroid dienone is 6. The summed E-state index contributed by atoms with van der Waals surface area (Å²) in [7, 11) is 0. The van der Waals surface area contributed by atoms with Crippen LogP contribution in [0.3, 0.4) is 0 Å². The van der Waals surface area contributed by atoms with Crippen LogP contribution in [0.2, 0.25) is 10.0 Å². The van der Waals surface area contributed by atoms with Crippen molar-refractivity contribution in [3.63, 3.8) is 0 Å². The van der Waals surface area contributed by atoms with Gasteiger partial charge in [0.2, 0.25) is 0 Å². The van der Waals surface area contributed by atoms with E-state index in [9.17, 15) is 0 Å². The maximum absolute atomic E-state index is 3.84. The molecule has 2 rings (SSSR count). The molecule has 0 N–H and O–H groups in total. The molecular weight excluding hydrogens is 281 g/mol. The summed E-state index contributed by atoms with van der Waals surface area (Å²) in [6.45, 7) is 11.9. The van der Waals surface area contributed by atoms with E-state index in [4.69, 9.17) is 0 Å². The first-order valence-electron chi connectivity index (χ1n) is 5.73. The molecular formula is C15H22Ru. The first-order chi connectivity index (χ1) is 7.58. The Hall–Kier alpha value is -0.417. The Kier molecular flexibility index (Phi) is 5.98. The van der Waals surface area contributed by atoms with E-state index in [1.807, 2.05) is 0 Å². The van der Waals surface area contributed by atoms with Crippen LogP contribution in [0.25, 0.3) is 0 Å². The van der Waals surface area contributed by atoms with Crippen LogP contribution in [-0.4, -0.2) is 0 Å². The van der Waals surface area contributed by atoms with Gasteiger partial charge in [-0.3, -0.25) is 0 Å². The quantitative estimate of drug-likeness (QED) is 0.516. The fourth-order valence-electron chi connectivity index (χ4n) is 1.67. The number of hydrogen-bond donors (Lipinski definition) is 0. The second kappa shape index (κ2) is 7.02. The van der Waals surface area contributed by atoms with Gasteiger partial charge in [-0.2, -0.15) is 0 Å². The van der Waals surface area contributed by atoms with Gasteiger partial charge in [0.25, 0.3) is 0 Å². The standard InChI is InChI=1S/C7H8.2C4H7.Ru/c1-2-7-4-3-6(1)5-7;2*1-4(2)3;/h1-4,6-7H,5H2;2*1-2H2,3H3;. The maximum atomic E-state index is 3.84. The summed E-state index contributed by atoms with van der Waals surface area (Å²) in [5, 5.41) is 2.47. The van der Waals surface area contributed by atoms with E-state index < -0.39 is 0 Å². The zero-order chi connectivity index (χ0) is 12.0. The molecule has 0 aromatic rings. The molecule has 16 heavy (non-hydrogen) atoms. The Bertz CT molecular complexity index is 267. The van der Waals surface area contributed by atoms with Crippen molar-refractivity contribution in [1.82, 2.24) is 0 Å². The zero-order valence-corrected chi connectivity index (χ0v) is 12.1. The van der Waals surface area contributed by atoms with Crippen molar-refractivity contribution in [2.24, 2.45) is 11.8 Å². The van der Waals surface area contributed by atoms with Crippen LogP contribution in [0.1, 0.15) is 20.3 Å². The summed E-state index contributed by atoms with van der Waals surface area (Å²) in [5.74, 6) is 1.62. The third-order valence-electron chi connectivity index (χ3n) is 2.36. The third-order valence-corrected chi connectivity index (χ3v) is 5.33. The van der Waals surface area contributed by atoms with Crippen LogP contribution in [0.5, 0.6) is 0 Å². The van der Waals surface area contributed by atoms with Crippen molar-refractivity contribution in [2.75, 3.05) is 0 Å². The van der Waals surface area contributed by atoms with Crippen molar-refractivity contribution < 1.29 is 17.1 Å². The molecule has 0 nitrogen and oxygen atoms in total. The number of hydrogen-bond acceptors (Lipinski definition) is 0. The van der Waals surface area contributed by atoms with Gasteiger partial charge in [-0.1, -0.05) is 24.3 Å². The van der Waals surface area contributed by atoms with Gasteiger partial charge in [0.15, 0.2) is 0 Å². The first-order valence-corrected chi connectivity index (χ1v) is 8.19. The second-order valence-electron chi connectivity index (χ2n) is 4.67. The summed E-state index contributed by atoms with van der Waals surface area (Å²) in [6.07, 6.45) is 10.5. The SMILES string of the molecule is C1=CC2C=CC1C2.C=C(C)[CH2][Ru][CH2]C(=C)C. The topological polar surface area (TPSA) is 0 Å². The molecule has 0 heterocycles. The van der Waals surface area contributed by atoms with Gasteiger partial charge in [-0.15, -0.1) is 0 Å². The molecule has 2 aliphatic rings. The van der Waals surface area contributed by atoms with Gasteiger partial charge < -0.3 is 0 Å². The Morgan fingerprint density at radius 2 is 1.38 bits per heavy atom. The van der Waals surface area contributed by atoms with E-state index in [1.165, 1.54) is 27.6 Å². The molecule has 0 saturated carbocycles. The Morgan fingerprint density at radius 1 is 1.00 bits per heavy atom. The van der Waals surface area contributed by atoms with E-state index >= 15 is 0 Å². The van der Waals surface area contributed by atoms with Crippen molar-refractivity contribution >= 4 is 0 Å². The second-order valence-corrected chi connectivity index (χ2v) is 6.77. The van der Waals surface area contributed by atoms with Gasteiger partial charge in [-0.05, 0) is 18.3 Å². The van der Waals surface area contributed by atoms with Crippen LogP contribution in [0, 0.1) is 11.8 Å². The molecule has 0 spiro atoms. The van der Waals surface area contributed by atoms with Gasteiger partial charge in [-0.25, -0.2) is 0 Å². The molecule has 0 aromatic heterocycles. The van der Waals surface area contributed by atoms with Crippen molar-refractivity contribution in [3.8, 4) is 0 Å². The monoisotopic (exact) mass is 304 g/mol. The van der Waals surface area contributed by atoms with Crippen LogP contribution < -0.4 is 0 Å². The molecule has 0 saturated heterocycles. The summed E-state index contributed by atoms with van der Waals surface area (Å²) < 4.78 is 0. The Balaban J connectivity index is 0.000000163. The van der Waals surface area contributed by atoms with Crippen molar-refractivity contribution in [2.45, 2.75) is 30.3 Å². The fourth-order valence-corrected chi connectivity index (χ4v) is 3.37. The van der Waals surface area contributed by atoms with E-state index in [1.54, 1.807) is 0 Å². The molecule has 1 heteroatoms. The third kappa shape index (κ3) is 5.61. The molecule has 0 fully saturated rings. The summed E-state index contributed by atoms with van der Waals surface area (Å²) >= 11 is 0.503. The van der Waals surface area contributed by atoms with Crippen molar-refractivity contribution in [1.29, 1.82) is 0 Å². The summed E-state index contributed by atoms with van der Waals surface area (Å²) in [5.41, 5.74) is 2.63. The number of fused-ring (bicyclic) bond motifs is 2. The van der Waals surface area contributed by atoms with E-state index in [0.717, 1.165) is 11.8 Å². The molecule has 2 aliphatic carbocycles. The minimum absolute atomic E-state index is 0.503. The zero-order valence-electron chi connectivity index (χ0n) is 10.4. The predicted octanol–water partition coefficient (Wildman–Crippen LogP) is 4.81. The molecule has 0 aliphatic heterocycles. The van der Waals surface area contributed by atoms with Crippen LogP contribution in [0.15, 0.2) is 48.6 Å². The average Bonchev–Trinajstić information content (AvgIpc) is 2.80. The van der Waals surface area contributed by atoms with Crippen LogP contribution in [-0.2, 0) is 17.1 Å². The van der Waals surface area contributed by atoms with Crippen LogP contribution >= 0.6 is 0 Å². The van der Waals surface area contributed by atoms with E-state index in [2.05, 4.69) is 51.3 Å². The first kappa shape index (κ1) is 13.6. The van der Waals surface area contributed by atoms with E-state index in [0.29, 0.717) is 17.1 Å². The Labute approximate surface area is 108 Å². The molecule has 90 valence electrons. The summed E-state index contributed by atoms with van der Waals surface area (Å²) in [4.78, 5) is 0. The summed E-state index contributed by atoms with van der Waals surface area (Å²) in [6, 6.07) is 0. The van der Waals surface area contributed by atoms with Gasteiger partial charge >= 0.3 is 65.3 Å². The molecule has 0 unspecified atom stereocenters. The van der Waals surface area contributed by atoms with Crippen LogP contribution in [0.4, 0.5) is 0 Å². The van der Waals surface area contributed by atoms with Gasteiger partial charge in [0, 0.05) is 0 Å². The fraction of sp³-hybridized carbons (Fsp3) is 0.467. The molecule has 0 radical (unpaired) electrons. The van der Waals surface area contributed by atoms with E-state index in [-0.39, 0.29) is 0 Å². The Morgan fingerprint density at radius 3 is 1.56 bits per heavy atom. The molecule has 2 bridgehead atoms. The van der Waals surface area contributed by atoms with Gasteiger partial charge in [0.05, 0.1) is 0 Å². The number of rotatable bonds is 4. The molecule has 0 atom stereocenters. The average molecular weight is 303 g/mol. The predicted molar refractivity (Wildman–Crippen MR) is 69.1 cm³/mol. The minimum atomic E-state index is 0.503. The van der Waals surface area contributed by atoms with Gasteiger partial charge in [0.1, 0.15) is 0 Å². The molecule has 0 aromatic carbocycles. The normalized spacial score (nSPS) is 24.4.